The SMILES string of the molecule is O=C(Nc1oc2ccccc2c(=O)c1-c1ccccc1)c1ccc(Cl)cc1. The monoisotopic (exact) mass is 375 g/mol. The van der Waals surface area contributed by atoms with Crippen LogP contribution in [0.4, 0.5) is 5.88 Å². The number of benzene rings is 3. The highest BCUT2D eigenvalue weighted by Crippen LogP contribution is 2.29. The predicted octanol–water partition coefficient (Wildman–Crippen LogP) is 5.37. The van der Waals surface area contributed by atoms with Crippen LogP contribution in [0.2, 0.25) is 5.02 Å². The molecule has 0 unspecified atom stereocenters. The Morgan fingerprint density at radius 3 is 2.26 bits per heavy atom. The third-order valence-electron chi connectivity index (χ3n) is 4.19. The summed E-state index contributed by atoms with van der Waals surface area (Å²) in [4.78, 5) is 25.7. The Hall–Kier alpha value is -3.37. The molecule has 0 saturated carbocycles. The van der Waals surface area contributed by atoms with Gasteiger partial charge in [0.25, 0.3) is 5.91 Å². The van der Waals surface area contributed by atoms with Gasteiger partial charge in [0.2, 0.25) is 11.3 Å². The first kappa shape index (κ1) is 17.1. The highest BCUT2D eigenvalue weighted by Gasteiger charge is 2.18. The molecule has 0 fully saturated rings. The number of rotatable bonds is 3. The van der Waals surface area contributed by atoms with E-state index in [0.717, 1.165) is 0 Å². The maximum Gasteiger partial charge on any atom is 0.257 e. The smallest absolute Gasteiger partial charge is 0.257 e. The Labute approximate surface area is 160 Å². The molecule has 1 heterocycles. The number of hydrogen-bond acceptors (Lipinski definition) is 3. The van der Waals surface area contributed by atoms with E-state index in [1.54, 1.807) is 60.7 Å². The van der Waals surface area contributed by atoms with E-state index in [-0.39, 0.29) is 17.2 Å². The van der Waals surface area contributed by atoms with Gasteiger partial charge in [0.1, 0.15) is 5.58 Å². The minimum atomic E-state index is -0.387. The van der Waals surface area contributed by atoms with Gasteiger partial charge in [0.15, 0.2) is 0 Å². The fourth-order valence-electron chi connectivity index (χ4n) is 2.87. The van der Waals surface area contributed by atoms with Gasteiger partial charge in [-0.1, -0.05) is 54.1 Å². The summed E-state index contributed by atoms with van der Waals surface area (Å²) in [5.41, 5.74) is 1.61. The molecule has 0 atom stereocenters. The van der Waals surface area contributed by atoms with Gasteiger partial charge in [-0.15, -0.1) is 0 Å². The van der Waals surface area contributed by atoms with Gasteiger partial charge < -0.3 is 4.42 Å². The van der Waals surface area contributed by atoms with Crippen molar-refractivity contribution in [3.05, 3.63) is 99.7 Å². The summed E-state index contributed by atoms with van der Waals surface area (Å²) in [6.45, 7) is 0. The topological polar surface area (TPSA) is 59.3 Å². The van der Waals surface area contributed by atoms with Crippen molar-refractivity contribution in [3.8, 4) is 11.1 Å². The largest absolute Gasteiger partial charge is 0.439 e. The van der Waals surface area contributed by atoms with Crippen LogP contribution in [-0.2, 0) is 0 Å². The lowest BCUT2D eigenvalue weighted by molar-refractivity contribution is 0.102. The Bertz CT molecular complexity index is 1180. The quantitative estimate of drug-likeness (QED) is 0.524. The van der Waals surface area contributed by atoms with E-state index in [1.807, 2.05) is 18.2 Å². The van der Waals surface area contributed by atoms with Crippen LogP contribution < -0.4 is 10.7 Å². The first-order chi connectivity index (χ1) is 13.1. The minimum Gasteiger partial charge on any atom is -0.439 e. The lowest BCUT2D eigenvalue weighted by Crippen LogP contribution is -2.16. The average molecular weight is 376 g/mol. The van der Waals surface area contributed by atoms with Crippen molar-refractivity contribution in [3.63, 3.8) is 0 Å². The van der Waals surface area contributed by atoms with Gasteiger partial charge >= 0.3 is 0 Å². The third-order valence-corrected chi connectivity index (χ3v) is 4.45. The lowest BCUT2D eigenvalue weighted by Gasteiger charge is -2.11. The third kappa shape index (κ3) is 3.35. The maximum absolute atomic E-state index is 13.1. The zero-order valence-electron chi connectivity index (χ0n) is 14.1. The second-order valence-corrected chi connectivity index (χ2v) is 6.39. The molecule has 132 valence electrons. The van der Waals surface area contributed by atoms with E-state index < -0.39 is 0 Å². The summed E-state index contributed by atoms with van der Waals surface area (Å²) < 4.78 is 5.89. The number of halogens is 1. The van der Waals surface area contributed by atoms with Crippen LogP contribution >= 0.6 is 11.6 Å². The van der Waals surface area contributed by atoms with Crippen LogP contribution in [0.3, 0.4) is 0 Å². The summed E-state index contributed by atoms with van der Waals surface area (Å²) in [6.07, 6.45) is 0. The van der Waals surface area contributed by atoms with E-state index in [9.17, 15) is 9.59 Å². The van der Waals surface area contributed by atoms with Crippen LogP contribution in [0.15, 0.2) is 88.1 Å². The average Bonchev–Trinajstić information content (AvgIpc) is 2.69. The van der Waals surface area contributed by atoms with Crippen LogP contribution in [0.5, 0.6) is 0 Å². The zero-order valence-corrected chi connectivity index (χ0v) is 14.9. The molecule has 4 aromatic rings. The normalized spacial score (nSPS) is 10.7. The predicted molar refractivity (Wildman–Crippen MR) is 107 cm³/mol. The van der Waals surface area contributed by atoms with Crippen LogP contribution in [0.25, 0.3) is 22.1 Å². The van der Waals surface area contributed by atoms with Crippen molar-refractivity contribution >= 4 is 34.4 Å². The molecule has 1 N–H and O–H groups in total. The van der Waals surface area contributed by atoms with Gasteiger partial charge in [0, 0.05) is 10.6 Å². The number of carbonyl (C=O) groups excluding carboxylic acids is 1. The molecule has 0 aliphatic carbocycles. The highest BCUT2D eigenvalue weighted by atomic mass is 35.5. The second kappa shape index (κ2) is 7.09. The Kier molecular flexibility index (Phi) is 4.48. The molecule has 5 heteroatoms. The summed E-state index contributed by atoms with van der Waals surface area (Å²) in [6, 6.07) is 22.6. The molecule has 0 radical (unpaired) electrons. The molecule has 0 saturated heterocycles. The van der Waals surface area contributed by atoms with Crippen LogP contribution in [-0.4, -0.2) is 5.91 Å². The Morgan fingerprint density at radius 1 is 0.852 bits per heavy atom. The van der Waals surface area contributed by atoms with Crippen molar-refractivity contribution in [1.82, 2.24) is 0 Å². The number of hydrogen-bond donors (Lipinski definition) is 1. The summed E-state index contributed by atoms with van der Waals surface area (Å²) >= 11 is 5.88. The molecule has 1 aromatic heterocycles. The molecule has 0 aliphatic heterocycles. The van der Waals surface area contributed by atoms with Gasteiger partial charge in [-0.3, -0.25) is 14.9 Å². The van der Waals surface area contributed by atoms with Gasteiger partial charge in [-0.2, -0.15) is 0 Å². The first-order valence-electron chi connectivity index (χ1n) is 8.31. The van der Waals surface area contributed by atoms with E-state index >= 15 is 0 Å². The standard InChI is InChI=1S/C22H14ClNO3/c23-16-12-10-15(11-13-16)21(26)24-22-19(14-6-2-1-3-7-14)20(25)17-8-4-5-9-18(17)27-22/h1-13H,(H,24,26). The number of nitrogens with one attached hydrogen (secondary N) is 1. The molecule has 0 aliphatic rings. The highest BCUT2D eigenvalue weighted by molar-refractivity contribution is 6.30. The Balaban J connectivity index is 1.87. The van der Waals surface area contributed by atoms with Crippen molar-refractivity contribution in [1.29, 1.82) is 0 Å². The second-order valence-electron chi connectivity index (χ2n) is 5.96. The molecule has 3 aromatic carbocycles. The number of amides is 1. The van der Waals surface area contributed by atoms with E-state index in [4.69, 9.17) is 16.0 Å². The zero-order chi connectivity index (χ0) is 18.8. The number of carbonyl (C=O) groups is 1. The summed E-state index contributed by atoms with van der Waals surface area (Å²) in [5, 5.41) is 3.72. The number of para-hydroxylation sites is 1. The van der Waals surface area contributed by atoms with Gasteiger partial charge in [0.05, 0.1) is 10.9 Å². The molecule has 4 rings (SSSR count). The molecule has 0 spiro atoms. The van der Waals surface area contributed by atoms with Crippen molar-refractivity contribution in [2.45, 2.75) is 0 Å². The molecular weight excluding hydrogens is 362 g/mol. The Morgan fingerprint density at radius 2 is 1.52 bits per heavy atom. The molecule has 4 nitrogen and oxygen atoms in total. The summed E-state index contributed by atoms with van der Waals surface area (Å²) in [7, 11) is 0. The lowest BCUT2D eigenvalue weighted by atomic mass is 10.0. The molecular formula is C22H14ClNO3. The first-order valence-corrected chi connectivity index (χ1v) is 8.69. The fourth-order valence-corrected chi connectivity index (χ4v) is 3.00. The molecule has 27 heavy (non-hydrogen) atoms. The summed E-state index contributed by atoms with van der Waals surface area (Å²) in [5.74, 6) is -0.271. The van der Waals surface area contributed by atoms with Gasteiger partial charge in [-0.25, -0.2) is 0 Å². The number of fused-ring (bicyclic) bond motifs is 1. The molecule has 1 amide bonds. The van der Waals surface area contributed by atoms with Crippen molar-refractivity contribution in [2.75, 3.05) is 5.32 Å². The van der Waals surface area contributed by atoms with Crippen molar-refractivity contribution in [2.24, 2.45) is 0 Å². The van der Waals surface area contributed by atoms with Crippen LogP contribution in [0.1, 0.15) is 10.4 Å². The minimum absolute atomic E-state index is 0.116. The number of anilines is 1. The van der Waals surface area contributed by atoms with Crippen LogP contribution in [0, 0.1) is 0 Å². The van der Waals surface area contributed by atoms with E-state index in [1.165, 1.54) is 0 Å². The van der Waals surface area contributed by atoms with E-state index in [0.29, 0.717) is 32.7 Å². The van der Waals surface area contributed by atoms with Gasteiger partial charge in [-0.05, 0) is 42.0 Å². The molecule has 0 bridgehead atoms. The fraction of sp³-hybridized carbons (Fsp3) is 0. The van der Waals surface area contributed by atoms with Crippen molar-refractivity contribution < 1.29 is 9.21 Å². The maximum atomic E-state index is 13.1. The van der Waals surface area contributed by atoms with E-state index in [2.05, 4.69) is 5.32 Å².